The van der Waals surface area contributed by atoms with Gasteiger partial charge in [0.25, 0.3) is 5.91 Å². The molecular formula is C18H19N3O2. The number of hydrogen-bond donors (Lipinski definition) is 1. The Morgan fingerprint density at radius 1 is 1.26 bits per heavy atom. The van der Waals surface area contributed by atoms with E-state index in [0.717, 1.165) is 22.7 Å². The number of rotatable bonds is 5. The van der Waals surface area contributed by atoms with Crippen LogP contribution in [0.25, 0.3) is 5.65 Å². The van der Waals surface area contributed by atoms with E-state index in [-0.39, 0.29) is 5.91 Å². The molecule has 0 unspecified atom stereocenters. The van der Waals surface area contributed by atoms with Crippen LogP contribution < -0.4 is 10.1 Å². The van der Waals surface area contributed by atoms with Crippen molar-refractivity contribution in [2.45, 2.75) is 13.3 Å². The summed E-state index contributed by atoms with van der Waals surface area (Å²) in [7, 11) is 1.63. The number of aryl methyl sites for hydroxylation is 1. The monoisotopic (exact) mass is 309 g/mol. The molecule has 1 N–H and O–H groups in total. The van der Waals surface area contributed by atoms with Crippen molar-refractivity contribution >= 4 is 11.6 Å². The smallest absolute Gasteiger partial charge is 0.251 e. The van der Waals surface area contributed by atoms with Crippen LogP contribution in [0.1, 0.15) is 21.6 Å². The quantitative estimate of drug-likeness (QED) is 0.788. The van der Waals surface area contributed by atoms with Gasteiger partial charge in [-0.1, -0.05) is 17.7 Å². The Labute approximate surface area is 134 Å². The van der Waals surface area contributed by atoms with E-state index in [9.17, 15) is 4.79 Å². The summed E-state index contributed by atoms with van der Waals surface area (Å²) in [5, 5.41) is 2.92. The van der Waals surface area contributed by atoms with Gasteiger partial charge in [-0.15, -0.1) is 0 Å². The van der Waals surface area contributed by atoms with E-state index >= 15 is 0 Å². The lowest BCUT2D eigenvalue weighted by Gasteiger charge is -2.04. The maximum absolute atomic E-state index is 12.1. The first-order valence-electron chi connectivity index (χ1n) is 7.53. The Morgan fingerprint density at radius 2 is 2.04 bits per heavy atom. The minimum atomic E-state index is -0.0636. The van der Waals surface area contributed by atoms with Gasteiger partial charge in [0.2, 0.25) is 0 Å². The molecule has 2 aromatic heterocycles. The minimum absolute atomic E-state index is 0.0636. The molecule has 0 atom stereocenters. The van der Waals surface area contributed by atoms with Crippen LogP contribution in [0.2, 0.25) is 0 Å². The minimum Gasteiger partial charge on any atom is -0.493 e. The summed E-state index contributed by atoms with van der Waals surface area (Å²) < 4.78 is 7.22. The van der Waals surface area contributed by atoms with E-state index in [1.807, 2.05) is 60.1 Å². The van der Waals surface area contributed by atoms with E-state index < -0.39 is 0 Å². The zero-order valence-electron chi connectivity index (χ0n) is 13.2. The van der Waals surface area contributed by atoms with Crippen molar-refractivity contribution in [2.24, 2.45) is 0 Å². The summed E-state index contributed by atoms with van der Waals surface area (Å²) in [5.41, 5.74) is 3.51. The summed E-state index contributed by atoms with van der Waals surface area (Å²) in [6.45, 7) is 2.54. The molecule has 23 heavy (non-hydrogen) atoms. The largest absolute Gasteiger partial charge is 0.493 e. The number of methoxy groups -OCH3 is 1. The lowest BCUT2D eigenvalue weighted by molar-refractivity contribution is 0.0954. The molecule has 5 nitrogen and oxygen atoms in total. The molecule has 0 saturated heterocycles. The van der Waals surface area contributed by atoms with Crippen molar-refractivity contribution in [3.8, 4) is 5.75 Å². The highest BCUT2D eigenvalue weighted by molar-refractivity contribution is 5.94. The molecule has 0 radical (unpaired) electrons. The van der Waals surface area contributed by atoms with E-state index in [4.69, 9.17) is 4.74 Å². The highest BCUT2D eigenvalue weighted by atomic mass is 16.5. The van der Waals surface area contributed by atoms with Crippen LogP contribution in [0.15, 0.2) is 48.8 Å². The van der Waals surface area contributed by atoms with E-state index in [1.165, 1.54) is 0 Å². The van der Waals surface area contributed by atoms with Crippen LogP contribution >= 0.6 is 0 Å². The molecule has 0 aliphatic rings. The maximum atomic E-state index is 12.1. The summed E-state index contributed by atoms with van der Waals surface area (Å²) in [4.78, 5) is 16.6. The first kappa shape index (κ1) is 15.1. The number of nitrogens with one attached hydrogen (secondary N) is 1. The predicted molar refractivity (Wildman–Crippen MR) is 89.0 cm³/mol. The van der Waals surface area contributed by atoms with Gasteiger partial charge in [-0.25, -0.2) is 4.98 Å². The molecule has 118 valence electrons. The average molecular weight is 309 g/mol. The number of aromatic nitrogens is 2. The van der Waals surface area contributed by atoms with Gasteiger partial charge in [0, 0.05) is 30.9 Å². The van der Waals surface area contributed by atoms with Crippen LogP contribution in [-0.4, -0.2) is 28.9 Å². The Kier molecular flexibility index (Phi) is 4.28. The SMILES string of the molecule is COc1cccn2cc(CCNC(=O)c3ccc(C)cc3)nc12. The van der Waals surface area contributed by atoms with Crippen molar-refractivity contribution < 1.29 is 9.53 Å². The third-order valence-corrected chi connectivity index (χ3v) is 3.70. The van der Waals surface area contributed by atoms with E-state index in [2.05, 4.69) is 10.3 Å². The Hall–Kier alpha value is -2.82. The fourth-order valence-electron chi connectivity index (χ4n) is 2.43. The predicted octanol–water partition coefficient (Wildman–Crippen LogP) is 2.62. The maximum Gasteiger partial charge on any atom is 0.251 e. The average Bonchev–Trinajstić information content (AvgIpc) is 2.98. The van der Waals surface area contributed by atoms with Crippen molar-refractivity contribution in [3.63, 3.8) is 0 Å². The standard InChI is InChI=1S/C18H19N3O2/c1-13-5-7-14(8-6-13)18(22)19-10-9-15-12-21-11-3-4-16(23-2)17(21)20-15/h3-8,11-12H,9-10H2,1-2H3,(H,19,22). The Bertz CT molecular complexity index is 822. The van der Waals surface area contributed by atoms with Gasteiger partial charge in [0.15, 0.2) is 11.4 Å². The molecule has 3 rings (SSSR count). The first-order valence-corrected chi connectivity index (χ1v) is 7.53. The number of imidazole rings is 1. The van der Waals surface area contributed by atoms with Gasteiger partial charge >= 0.3 is 0 Å². The first-order chi connectivity index (χ1) is 11.2. The van der Waals surface area contributed by atoms with Crippen LogP contribution in [0.3, 0.4) is 0 Å². The zero-order valence-corrected chi connectivity index (χ0v) is 13.2. The fraction of sp³-hybridized carbons (Fsp3) is 0.222. The number of benzene rings is 1. The molecule has 3 aromatic rings. The molecule has 1 aromatic carbocycles. The van der Waals surface area contributed by atoms with Crippen LogP contribution in [-0.2, 0) is 6.42 Å². The Balaban J connectivity index is 1.62. The van der Waals surface area contributed by atoms with E-state index in [0.29, 0.717) is 18.5 Å². The van der Waals surface area contributed by atoms with Crippen LogP contribution in [0.4, 0.5) is 0 Å². The summed E-state index contributed by atoms with van der Waals surface area (Å²) in [6.07, 6.45) is 4.55. The molecule has 0 spiro atoms. The van der Waals surface area contributed by atoms with Crippen LogP contribution in [0, 0.1) is 6.92 Å². The van der Waals surface area contributed by atoms with Crippen molar-refractivity contribution in [2.75, 3.05) is 13.7 Å². The highest BCUT2D eigenvalue weighted by Crippen LogP contribution is 2.18. The van der Waals surface area contributed by atoms with Crippen molar-refractivity contribution in [3.05, 3.63) is 65.6 Å². The molecular weight excluding hydrogens is 290 g/mol. The topological polar surface area (TPSA) is 55.6 Å². The Morgan fingerprint density at radius 3 is 2.78 bits per heavy atom. The highest BCUT2D eigenvalue weighted by Gasteiger charge is 2.08. The second-order valence-corrected chi connectivity index (χ2v) is 5.41. The molecule has 1 amide bonds. The number of hydrogen-bond acceptors (Lipinski definition) is 3. The molecule has 5 heteroatoms. The summed E-state index contributed by atoms with van der Waals surface area (Å²) in [5.74, 6) is 0.675. The molecule has 2 heterocycles. The summed E-state index contributed by atoms with van der Waals surface area (Å²) >= 11 is 0. The van der Waals surface area contributed by atoms with Gasteiger partial charge in [0.1, 0.15) is 0 Å². The number of pyridine rings is 1. The lowest BCUT2D eigenvalue weighted by Crippen LogP contribution is -2.25. The van der Waals surface area contributed by atoms with Gasteiger partial charge in [0.05, 0.1) is 12.8 Å². The molecule has 0 bridgehead atoms. The van der Waals surface area contributed by atoms with Crippen molar-refractivity contribution in [1.29, 1.82) is 0 Å². The molecule has 0 aliphatic carbocycles. The van der Waals surface area contributed by atoms with Gasteiger partial charge in [-0.05, 0) is 31.2 Å². The third-order valence-electron chi connectivity index (χ3n) is 3.70. The number of fused-ring (bicyclic) bond motifs is 1. The number of nitrogens with zero attached hydrogens (tertiary/aromatic N) is 2. The fourth-order valence-corrected chi connectivity index (χ4v) is 2.43. The molecule has 0 fully saturated rings. The number of carbonyl (C=O) groups is 1. The third kappa shape index (κ3) is 3.34. The molecule has 0 aliphatic heterocycles. The number of carbonyl (C=O) groups excluding carboxylic acids is 1. The van der Waals surface area contributed by atoms with Gasteiger partial charge < -0.3 is 14.5 Å². The summed E-state index contributed by atoms with van der Waals surface area (Å²) in [6, 6.07) is 11.3. The lowest BCUT2D eigenvalue weighted by atomic mass is 10.1. The second-order valence-electron chi connectivity index (χ2n) is 5.41. The molecule has 0 saturated carbocycles. The van der Waals surface area contributed by atoms with E-state index in [1.54, 1.807) is 7.11 Å². The second kappa shape index (κ2) is 6.52. The normalized spacial score (nSPS) is 10.7. The zero-order chi connectivity index (χ0) is 16.2. The van der Waals surface area contributed by atoms with Gasteiger partial charge in [-0.3, -0.25) is 4.79 Å². The number of ether oxygens (including phenoxy) is 1. The van der Waals surface area contributed by atoms with Gasteiger partial charge in [-0.2, -0.15) is 0 Å². The van der Waals surface area contributed by atoms with Crippen LogP contribution in [0.5, 0.6) is 5.75 Å². The number of amides is 1. The van der Waals surface area contributed by atoms with Crippen molar-refractivity contribution in [1.82, 2.24) is 14.7 Å².